The summed E-state index contributed by atoms with van der Waals surface area (Å²) in [4.78, 5) is 25.1. The van der Waals surface area contributed by atoms with Gasteiger partial charge in [-0.2, -0.15) is 0 Å². The molecule has 4 aromatic rings. The molecule has 0 unspecified atom stereocenters. The highest BCUT2D eigenvalue weighted by Gasteiger charge is 2.21. The Bertz CT molecular complexity index is 1170. The number of carbonyl (C=O) groups excluding carboxylic acids is 1. The minimum absolute atomic E-state index is 0.0164. The van der Waals surface area contributed by atoms with Crippen molar-refractivity contribution >= 4 is 56.0 Å². The maximum absolute atomic E-state index is 13.3. The lowest BCUT2D eigenvalue weighted by Crippen LogP contribution is -2.30. The van der Waals surface area contributed by atoms with E-state index in [1.807, 2.05) is 55.5 Å². The summed E-state index contributed by atoms with van der Waals surface area (Å²) in [5.74, 6) is 1.50. The maximum atomic E-state index is 13.3. The molecule has 32 heavy (non-hydrogen) atoms. The Morgan fingerprint density at radius 3 is 2.69 bits per heavy atom. The second-order valence-electron chi connectivity index (χ2n) is 7.15. The minimum Gasteiger partial charge on any atom is -0.497 e. The number of thioether (sulfide) groups is 1. The molecule has 0 atom stereocenters. The first-order chi connectivity index (χ1) is 15.5. The second kappa shape index (κ2) is 10.3. The van der Waals surface area contributed by atoms with Crippen molar-refractivity contribution in [2.45, 2.75) is 24.8 Å². The van der Waals surface area contributed by atoms with E-state index < -0.39 is 0 Å². The molecule has 0 N–H and O–H groups in total. The average Bonchev–Trinajstić information content (AvgIpc) is 3.27. The number of benzene rings is 2. The normalized spacial score (nSPS) is 11.0. The molecule has 0 bridgehead atoms. The third kappa shape index (κ3) is 5.23. The third-order valence-electron chi connectivity index (χ3n) is 4.93. The summed E-state index contributed by atoms with van der Waals surface area (Å²) in [6, 6.07) is 15.5. The Kier molecular flexibility index (Phi) is 7.29. The van der Waals surface area contributed by atoms with Gasteiger partial charge in [0.15, 0.2) is 5.13 Å². The molecule has 2 heterocycles. The smallest absolute Gasteiger partial charge is 0.229 e. The van der Waals surface area contributed by atoms with Crippen molar-refractivity contribution in [2.24, 2.45) is 0 Å². The number of methoxy groups -OCH3 is 1. The van der Waals surface area contributed by atoms with Crippen molar-refractivity contribution in [1.29, 1.82) is 0 Å². The van der Waals surface area contributed by atoms with Crippen LogP contribution in [0.1, 0.15) is 17.5 Å². The second-order valence-corrected chi connectivity index (χ2v) is 9.71. The summed E-state index contributed by atoms with van der Waals surface area (Å²) < 4.78 is 6.10. The fourth-order valence-corrected chi connectivity index (χ4v) is 5.38. The number of carbonyl (C=O) groups is 1. The van der Waals surface area contributed by atoms with Gasteiger partial charge < -0.3 is 4.74 Å². The van der Waals surface area contributed by atoms with E-state index in [2.05, 4.69) is 4.98 Å². The van der Waals surface area contributed by atoms with Gasteiger partial charge in [-0.1, -0.05) is 35.1 Å². The molecule has 4 rings (SSSR count). The van der Waals surface area contributed by atoms with Crippen molar-refractivity contribution in [1.82, 2.24) is 9.97 Å². The van der Waals surface area contributed by atoms with Crippen molar-refractivity contribution in [2.75, 3.05) is 17.8 Å². The number of rotatable bonds is 8. The van der Waals surface area contributed by atoms with Gasteiger partial charge in [-0.25, -0.2) is 4.98 Å². The zero-order valence-electron chi connectivity index (χ0n) is 17.7. The van der Waals surface area contributed by atoms with Crippen LogP contribution < -0.4 is 9.64 Å². The van der Waals surface area contributed by atoms with Gasteiger partial charge in [0.2, 0.25) is 5.91 Å². The van der Waals surface area contributed by atoms with E-state index in [-0.39, 0.29) is 5.91 Å². The monoisotopic (exact) mass is 483 g/mol. The topological polar surface area (TPSA) is 55.3 Å². The predicted octanol–water partition coefficient (Wildman–Crippen LogP) is 6.38. The van der Waals surface area contributed by atoms with Crippen LogP contribution in [0.2, 0.25) is 5.02 Å². The van der Waals surface area contributed by atoms with E-state index >= 15 is 0 Å². The largest absolute Gasteiger partial charge is 0.497 e. The highest BCUT2D eigenvalue weighted by Crippen LogP contribution is 2.36. The first-order valence-electron chi connectivity index (χ1n) is 10.1. The van der Waals surface area contributed by atoms with Crippen LogP contribution in [-0.2, 0) is 11.3 Å². The average molecular weight is 484 g/mol. The van der Waals surface area contributed by atoms with Crippen LogP contribution >= 0.6 is 34.7 Å². The van der Waals surface area contributed by atoms with Crippen molar-refractivity contribution < 1.29 is 9.53 Å². The Hall–Kier alpha value is -2.61. The molecule has 0 spiro atoms. The van der Waals surface area contributed by atoms with Gasteiger partial charge in [-0.3, -0.25) is 14.7 Å². The quantitative estimate of drug-likeness (QED) is 0.272. The number of hydrogen-bond donors (Lipinski definition) is 0. The molecule has 164 valence electrons. The molecule has 0 saturated carbocycles. The zero-order chi connectivity index (χ0) is 22.5. The lowest BCUT2D eigenvalue weighted by molar-refractivity contribution is -0.118. The number of pyridine rings is 1. The Balaban J connectivity index is 1.54. The van der Waals surface area contributed by atoms with Crippen LogP contribution in [0, 0.1) is 6.92 Å². The van der Waals surface area contributed by atoms with E-state index in [9.17, 15) is 4.79 Å². The molecular formula is C24H22ClN3O2S2. The lowest BCUT2D eigenvalue weighted by Gasteiger charge is -2.20. The summed E-state index contributed by atoms with van der Waals surface area (Å²) >= 11 is 9.50. The standard InChI is InChI=1S/C24H22ClN3O2S2/c1-16-5-10-20(25)23-22(16)27-24(32-23)28(15-17-4-3-12-26-14-17)21(29)11-13-31-19-8-6-18(30-2)7-9-19/h3-10,12,14H,11,13,15H2,1-2H3. The Morgan fingerprint density at radius 1 is 1.19 bits per heavy atom. The highest BCUT2D eigenvalue weighted by molar-refractivity contribution is 7.99. The van der Waals surface area contributed by atoms with Gasteiger partial charge >= 0.3 is 0 Å². The Morgan fingerprint density at radius 2 is 2.00 bits per heavy atom. The predicted molar refractivity (Wildman–Crippen MR) is 133 cm³/mol. The fourth-order valence-electron chi connectivity index (χ4n) is 3.21. The zero-order valence-corrected chi connectivity index (χ0v) is 20.1. The van der Waals surface area contributed by atoms with Crippen LogP contribution in [0.25, 0.3) is 10.2 Å². The van der Waals surface area contributed by atoms with Gasteiger partial charge in [-0.05, 0) is 54.4 Å². The number of nitrogens with zero attached hydrogens (tertiary/aromatic N) is 3. The number of aromatic nitrogens is 2. The molecule has 8 heteroatoms. The van der Waals surface area contributed by atoms with E-state index in [1.54, 1.807) is 36.2 Å². The van der Waals surface area contributed by atoms with Gasteiger partial charge in [0.1, 0.15) is 5.75 Å². The summed E-state index contributed by atoms with van der Waals surface area (Å²) in [5, 5.41) is 1.30. The summed E-state index contributed by atoms with van der Waals surface area (Å²) in [6.45, 7) is 2.41. The first-order valence-corrected chi connectivity index (χ1v) is 12.2. The van der Waals surface area contributed by atoms with E-state index in [0.29, 0.717) is 28.9 Å². The van der Waals surface area contributed by atoms with Crippen LogP contribution in [0.4, 0.5) is 5.13 Å². The molecule has 1 amide bonds. The van der Waals surface area contributed by atoms with Gasteiger partial charge in [0, 0.05) is 29.5 Å². The van der Waals surface area contributed by atoms with Crippen LogP contribution in [0.3, 0.4) is 0 Å². The number of fused-ring (bicyclic) bond motifs is 1. The molecule has 0 fully saturated rings. The number of anilines is 1. The lowest BCUT2D eigenvalue weighted by atomic mass is 10.2. The van der Waals surface area contributed by atoms with Crippen molar-refractivity contribution in [3.8, 4) is 5.75 Å². The fraction of sp³-hybridized carbons (Fsp3) is 0.208. The van der Waals surface area contributed by atoms with Gasteiger partial charge in [0.05, 0.1) is 28.9 Å². The summed E-state index contributed by atoms with van der Waals surface area (Å²) in [5.41, 5.74) is 2.83. The Labute approximate surface area is 200 Å². The van der Waals surface area contributed by atoms with Crippen molar-refractivity contribution in [3.63, 3.8) is 0 Å². The first kappa shape index (κ1) is 22.6. The van der Waals surface area contributed by atoms with E-state index in [0.717, 1.165) is 32.0 Å². The molecule has 0 aliphatic carbocycles. The number of ether oxygens (including phenoxy) is 1. The SMILES string of the molecule is COc1ccc(SCCC(=O)N(Cc2cccnc2)c2nc3c(C)ccc(Cl)c3s2)cc1. The number of halogens is 1. The van der Waals surface area contributed by atoms with E-state index in [1.165, 1.54) is 11.3 Å². The molecular weight excluding hydrogens is 462 g/mol. The van der Waals surface area contributed by atoms with Crippen molar-refractivity contribution in [3.05, 3.63) is 77.1 Å². The van der Waals surface area contributed by atoms with Crippen LogP contribution in [-0.4, -0.2) is 28.7 Å². The van der Waals surface area contributed by atoms with Crippen LogP contribution in [0.5, 0.6) is 5.75 Å². The van der Waals surface area contributed by atoms with E-state index in [4.69, 9.17) is 21.3 Å². The summed E-state index contributed by atoms with van der Waals surface area (Å²) in [7, 11) is 1.65. The molecule has 2 aromatic carbocycles. The summed E-state index contributed by atoms with van der Waals surface area (Å²) in [6.07, 6.45) is 3.89. The molecule has 2 aromatic heterocycles. The third-order valence-corrected chi connectivity index (χ3v) is 7.48. The molecule has 0 aliphatic rings. The number of amides is 1. The van der Waals surface area contributed by atoms with Gasteiger partial charge in [-0.15, -0.1) is 11.8 Å². The number of hydrogen-bond acceptors (Lipinski definition) is 6. The maximum Gasteiger partial charge on any atom is 0.229 e. The molecule has 0 radical (unpaired) electrons. The van der Waals surface area contributed by atoms with Gasteiger partial charge in [0.25, 0.3) is 0 Å². The molecule has 0 aliphatic heterocycles. The number of aryl methyl sites for hydroxylation is 1. The molecule has 5 nitrogen and oxygen atoms in total. The molecule has 0 saturated heterocycles. The highest BCUT2D eigenvalue weighted by atomic mass is 35.5. The number of thiazole rings is 1. The minimum atomic E-state index is 0.0164. The van der Waals surface area contributed by atoms with Crippen LogP contribution in [0.15, 0.2) is 65.8 Å².